The Labute approximate surface area is 164 Å². The molecule has 1 saturated carbocycles. The van der Waals surface area contributed by atoms with Crippen LogP contribution in [-0.4, -0.2) is 42.1 Å². The van der Waals surface area contributed by atoms with Crippen LogP contribution in [0.25, 0.3) is 0 Å². The summed E-state index contributed by atoms with van der Waals surface area (Å²) in [5.74, 6) is 1.46. The summed E-state index contributed by atoms with van der Waals surface area (Å²) in [5, 5.41) is 6.39. The summed E-state index contributed by atoms with van der Waals surface area (Å²) >= 11 is 0. The molecule has 0 radical (unpaired) electrons. The minimum absolute atomic E-state index is 0.00226. The Bertz CT molecular complexity index is 951. The minimum Gasteiger partial charge on any atom is -0.493 e. The van der Waals surface area contributed by atoms with Crippen molar-refractivity contribution in [1.82, 2.24) is 10.1 Å². The average Bonchev–Trinajstić information content (AvgIpc) is 3.20. The number of aromatic nitrogens is 1. The Balaban J connectivity index is 1.44. The van der Waals surface area contributed by atoms with Gasteiger partial charge in [0, 0.05) is 30.0 Å². The molecule has 2 aromatic rings. The molecule has 2 amide bonds. The summed E-state index contributed by atoms with van der Waals surface area (Å²) in [5.41, 5.74) is 3.38. The molecule has 0 bridgehead atoms. The fourth-order valence-corrected chi connectivity index (χ4v) is 4.15. The van der Waals surface area contributed by atoms with Gasteiger partial charge >= 0.3 is 0 Å². The third-order valence-electron chi connectivity index (χ3n) is 5.96. The number of hydrogen-bond acceptors (Lipinski definition) is 5. The van der Waals surface area contributed by atoms with Crippen LogP contribution < -0.4 is 10.1 Å². The van der Waals surface area contributed by atoms with Gasteiger partial charge in [-0.3, -0.25) is 9.59 Å². The lowest BCUT2D eigenvalue weighted by Gasteiger charge is -2.28. The third kappa shape index (κ3) is 3.15. The summed E-state index contributed by atoms with van der Waals surface area (Å²) in [7, 11) is 1.67. The number of carbonyl (C=O) groups excluding carboxylic acids is 2. The molecule has 2 atom stereocenters. The molecule has 1 aliphatic heterocycles. The van der Waals surface area contributed by atoms with Crippen LogP contribution in [0.1, 0.15) is 35.3 Å². The molecule has 2 aliphatic rings. The summed E-state index contributed by atoms with van der Waals surface area (Å²) in [4.78, 5) is 26.7. The SMILES string of the molecule is Cc1cc(NC(=O)CN(C)C(=O)[C@@H]2C[C@]23CCOc2cc(C)c(C)cc23)no1. The molecule has 2 heterocycles. The molecular formula is C21H25N3O4. The van der Waals surface area contributed by atoms with Gasteiger partial charge in [-0.2, -0.15) is 0 Å². The molecule has 1 fully saturated rings. The predicted octanol–water partition coefficient (Wildman–Crippen LogP) is 2.74. The molecular weight excluding hydrogens is 358 g/mol. The van der Waals surface area contributed by atoms with E-state index in [1.54, 1.807) is 20.0 Å². The summed E-state index contributed by atoms with van der Waals surface area (Å²) < 4.78 is 10.8. The highest BCUT2D eigenvalue weighted by molar-refractivity contribution is 5.95. The van der Waals surface area contributed by atoms with Crippen molar-refractivity contribution in [3.8, 4) is 5.75 Å². The first kappa shape index (κ1) is 18.5. The molecule has 1 aromatic heterocycles. The Hall–Kier alpha value is -2.83. The van der Waals surface area contributed by atoms with Gasteiger partial charge in [0.05, 0.1) is 13.2 Å². The minimum atomic E-state index is -0.294. The number of hydrogen-bond donors (Lipinski definition) is 1. The van der Waals surface area contributed by atoms with Gasteiger partial charge in [0.2, 0.25) is 11.8 Å². The van der Waals surface area contributed by atoms with E-state index in [4.69, 9.17) is 9.26 Å². The largest absolute Gasteiger partial charge is 0.493 e. The maximum absolute atomic E-state index is 13.0. The first-order valence-electron chi connectivity index (χ1n) is 9.53. The lowest BCUT2D eigenvalue weighted by atomic mass is 9.85. The van der Waals surface area contributed by atoms with Crippen molar-refractivity contribution < 1.29 is 18.8 Å². The highest BCUT2D eigenvalue weighted by atomic mass is 16.5. The Kier molecular flexibility index (Phi) is 4.40. The van der Waals surface area contributed by atoms with E-state index in [2.05, 4.69) is 36.5 Å². The van der Waals surface area contributed by atoms with Gasteiger partial charge in [-0.05, 0) is 50.8 Å². The zero-order valence-corrected chi connectivity index (χ0v) is 16.7. The summed E-state index contributed by atoms with van der Waals surface area (Å²) in [6, 6.07) is 5.87. The monoisotopic (exact) mass is 383 g/mol. The van der Waals surface area contributed by atoms with Crippen molar-refractivity contribution in [3.05, 3.63) is 40.6 Å². The first-order chi connectivity index (χ1) is 13.3. The second-order valence-corrected chi connectivity index (χ2v) is 8.01. The number of carbonyl (C=O) groups is 2. The number of aryl methyl sites for hydroxylation is 3. The highest BCUT2D eigenvalue weighted by Crippen LogP contribution is 2.61. The number of nitrogens with one attached hydrogen (secondary N) is 1. The molecule has 0 unspecified atom stereocenters. The van der Waals surface area contributed by atoms with Crippen molar-refractivity contribution in [1.29, 1.82) is 0 Å². The zero-order chi connectivity index (χ0) is 20.1. The molecule has 1 aliphatic carbocycles. The van der Waals surface area contributed by atoms with Crippen molar-refractivity contribution in [2.45, 2.75) is 39.0 Å². The van der Waals surface area contributed by atoms with Crippen molar-refractivity contribution >= 4 is 17.6 Å². The van der Waals surface area contributed by atoms with E-state index in [0.29, 0.717) is 18.2 Å². The van der Waals surface area contributed by atoms with Crippen LogP contribution in [0, 0.1) is 26.7 Å². The quantitative estimate of drug-likeness (QED) is 0.878. The molecule has 148 valence electrons. The number of ether oxygens (including phenoxy) is 1. The van der Waals surface area contributed by atoms with Gasteiger partial charge in [0.15, 0.2) is 5.82 Å². The molecule has 4 rings (SSSR count). The van der Waals surface area contributed by atoms with Gasteiger partial charge in [-0.15, -0.1) is 0 Å². The molecule has 28 heavy (non-hydrogen) atoms. The Morgan fingerprint density at radius 3 is 2.71 bits per heavy atom. The number of benzene rings is 1. The van der Waals surface area contributed by atoms with Crippen LogP contribution in [0.3, 0.4) is 0 Å². The van der Waals surface area contributed by atoms with E-state index in [9.17, 15) is 9.59 Å². The smallest absolute Gasteiger partial charge is 0.245 e. The maximum Gasteiger partial charge on any atom is 0.245 e. The van der Waals surface area contributed by atoms with Crippen molar-refractivity contribution in [2.24, 2.45) is 5.92 Å². The Morgan fingerprint density at radius 1 is 1.25 bits per heavy atom. The number of rotatable bonds is 4. The van der Waals surface area contributed by atoms with E-state index in [0.717, 1.165) is 24.2 Å². The fraction of sp³-hybridized carbons (Fsp3) is 0.476. The van der Waals surface area contributed by atoms with E-state index in [-0.39, 0.29) is 29.7 Å². The fourth-order valence-electron chi connectivity index (χ4n) is 4.15. The second-order valence-electron chi connectivity index (χ2n) is 8.01. The molecule has 1 N–H and O–H groups in total. The van der Waals surface area contributed by atoms with Crippen LogP contribution in [0.2, 0.25) is 0 Å². The molecule has 1 aromatic carbocycles. The third-order valence-corrected chi connectivity index (χ3v) is 5.96. The normalized spacial score (nSPS) is 22.4. The standard InChI is InChI=1S/C21H25N3O4/c1-12-7-15-17(8-13(12)2)27-6-5-21(15)10-16(21)20(26)24(4)11-19(25)22-18-9-14(3)28-23-18/h7-9,16H,5-6,10-11H2,1-4H3,(H,22,23,25)/t16-,21-/m0/s1. The van der Waals surface area contributed by atoms with Gasteiger partial charge in [-0.1, -0.05) is 11.2 Å². The Morgan fingerprint density at radius 2 is 2.00 bits per heavy atom. The maximum atomic E-state index is 13.0. The van der Waals surface area contributed by atoms with Crippen molar-refractivity contribution in [2.75, 3.05) is 25.5 Å². The summed E-state index contributed by atoms with van der Waals surface area (Å²) in [6.45, 7) is 6.50. The van der Waals surface area contributed by atoms with Gasteiger partial charge in [-0.25, -0.2) is 0 Å². The highest BCUT2D eigenvalue weighted by Gasteiger charge is 2.61. The lowest BCUT2D eigenvalue weighted by Crippen LogP contribution is -2.38. The average molecular weight is 383 g/mol. The van der Waals surface area contributed by atoms with Crippen molar-refractivity contribution in [3.63, 3.8) is 0 Å². The summed E-state index contributed by atoms with van der Waals surface area (Å²) in [6.07, 6.45) is 1.64. The van der Waals surface area contributed by atoms with E-state index in [1.165, 1.54) is 16.0 Å². The zero-order valence-electron chi connectivity index (χ0n) is 16.7. The molecule has 0 saturated heterocycles. The van der Waals surface area contributed by atoms with Gasteiger partial charge in [0.25, 0.3) is 0 Å². The predicted molar refractivity (Wildman–Crippen MR) is 103 cm³/mol. The molecule has 1 spiro atoms. The lowest BCUT2D eigenvalue weighted by molar-refractivity contribution is -0.134. The topological polar surface area (TPSA) is 84.7 Å². The number of anilines is 1. The van der Waals surface area contributed by atoms with E-state index < -0.39 is 0 Å². The van der Waals surface area contributed by atoms with Crippen LogP contribution >= 0.6 is 0 Å². The van der Waals surface area contributed by atoms with Crippen LogP contribution in [-0.2, 0) is 15.0 Å². The van der Waals surface area contributed by atoms with Gasteiger partial charge in [0.1, 0.15) is 11.5 Å². The molecule has 7 nitrogen and oxygen atoms in total. The van der Waals surface area contributed by atoms with Crippen LogP contribution in [0.5, 0.6) is 5.75 Å². The number of likely N-dealkylation sites (N-methyl/N-ethyl adjacent to an activating group) is 1. The number of amides is 2. The van der Waals surface area contributed by atoms with Crippen LogP contribution in [0.15, 0.2) is 22.7 Å². The van der Waals surface area contributed by atoms with Gasteiger partial charge < -0.3 is 19.5 Å². The van der Waals surface area contributed by atoms with E-state index in [1.807, 2.05) is 0 Å². The van der Waals surface area contributed by atoms with E-state index >= 15 is 0 Å². The van der Waals surface area contributed by atoms with Crippen LogP contribution in [0.4, 0.5) is 5.82 Å². The second kappa shape index (κ2) is 6.65. The number of nitrogens with zero attached hydrogens (tertiary/aromatic N) is 2. The number of fused-ring (bicyclic) bond motifs is 2. The first-order valence-corrected chi connectivity index (χ1v) is 9.53. The molecule has 7 heteroatoms.